The molecule has 0 atom stereocenters. The Hall–Kier alpha value is -0.640. The van der Waals surface area contributed by atoms with Gasteiger partial charge in [0, 0.05) is 30.2 Å². The van der Waals surface area contributed by atoms with E-state index in [1.54, 1.807) is 12.1 Å². The lowest BCUT2D eigenvalue weighted by Crippen LogP contribution is -2.27. The fourth-order valence-corrected chi connectivity index (χ4v) is 1.45. The molecule has 0 aliphatic heterocycles. The molecule has 0 spiro atoms. The maximum atomic E-state index is 13.2. The summed E-state index contributed by atoms with van der Waals surface area (Å²) in [6.45, 7) is 5.22. The second-order valence-electron chi connectivity index (χ2n) is 3.27. The van der Waals surface area contributed by atoms with E-state index in [1.807, 2.05) is 0 Å². The number of rotatable bonds is 6. The zero-order chi connectivity index (χ0) is 11.1. The van der Waals surface area contributed by atoms with E-state index in [-0.39, 0.29) is 5.82 Å². The van der Waals surface area contributed by atoms with Crippen LogP contribution >= 0.6 is 11.6 Å². The van der Waals surface area contributed by atoms with Gasteiger partial charge in [0.1, 0.15) is 5.82 Å². The first-order valence-corrected chi connectivity index (χ1v) is 5.47. The molecule has 0 radical (unpaired) electrons. The Labute approximate surface area is 94.8 Å². The molecule has 0 bridgehead atoms. The fraction of sp³-hybridized carbons (Fsp3) is 0.455. The third-order valence-electron chi connectivity index (χ3n) is 2.05. The summed E-state index contributed by atoms with van der Waals surface area (Å²) in [7, 11) is 0. The maximum absolute atomic E-state index is 13.2. The summed E-state index contributed by atoms with van der Waals surface area (Å²) < 4.78 is 13.2. The van der Waals surface area contributed by atoms with Gasteiger partial charge >= 0.3 is 0 Å². The first kappa shape index (κ1) is 12.4. The highest BCUT2D eigenvalue weighted by Gasteiger charge is 2.01. The molecule has 1 aromatic carbocycles. The standard InChI is InChI=1S/C11H16ClFN2/c1-2-14-5-6-15-8-9-7-10(12)3-4-11(9)13/h3-4,7,14-15H,2,5-6,8H2,1H3. The topological polar surface area (TPSA) is 24.1 Å². The molecule has 4 heteroatoms. The number of benzene rings is 1. The summed E-state index contributed by atoms with van der Waals surface area (Å²) in [5.74, 6) is -0.213. The van der Waals surface area contributed by atoms with Gasteiger partial charge in [-0.05, 0) is 24.7 Å². The van der Waals surface area contributed by atoms with E-state index in [0.29, 0.717) is 17.1 Å². The van der Waals surface area contributed by atoms with E-state index in [4.69, 9.17) is 11.6 Å². The van der Waals surface area contributed by atoms with E-state index < -0.39 is 0 Å². The van der Waals surface area contributed by atoms with Crippen molar-refractivity contribution < 1.29 is 4.39 Å². The lowest BCUT2D eigenvalue weighted by Gasteiger charge is -2.06. The molecule has 84 valence electrons. The molecule has 0 saturated carbocycles. The Kier molecular flexibility index (Phi) is 5.61. The lowest BCUT2D eigenvalue weighted by molar-refractivity contribution is 0.577. The normalized spacial score (nSPS) is 10.6. The highest BCUT2D eigenvalue weighted by atomic mass is 35.5. The molecule has 2 N–H and O–H groups in total. The van der Waals surface area contributed by atoms with Crippen molar-refractivity contribution in [3.8, 4) is 0 Å². The zero-order valence-corrected chi connectivity index (χ0v) is 9.57. The summed E-state index contributed by atoms with van der Waals surface area (Å²) in [6, 6.07) is 4.60. The summed E-state index contributed by atoms with van der Waals surface area (Å²) in [6.07, 6.45) is 0. The van der Waals surface area contributed by atoms with Crippen molar-refractivity contribution in [1.29, 1.82) is 0 Å². The molecule has 0 amide bonds. The molecule has 0 heterocycles. The van der Waals surface area contributed by atoms with Gasteiger partial charge < -0.3 is 10.6 Å². The van der Waals surface area contributed by atoms with Crippen LogP contribution in [0, 0.1) is 5.82 Å². The van der Waals surface area contributed by atoms with E-state index in [1.165, 1.54) is 6.07 Å². The van der Waals surface area contributed by atoms with Crippen LogP contribution in [-0.4, -0.2) is 19.6 Å². The van der Waals surface area contributed by atoms with Gasteiger partial charge in [-0.1, -0.05) is 18.5 Å². The predicted octanol–water partition coefficient (Wildman–Crippen LogP) is 2.18. The number of hydrogen-bond donors (Lipinski definition) is 2. The van der Waals surface area contributed by atoms with Gasteiger partial charge in [-0.2, -0.15) is 0 Å². The van der Waals surface area contributed by atoms with Crippen LogP contribution in [0.3, 0.4) is 0 Å². The Balaban J connectivity index is 2.33. The average molecular weight is 231 g/mol. The second kappa shape index (κ2) is 6.77. The van der Waals surface area contributed by atoms with Crippen LogP contribution in [0.4, 0.5) is 4.39 Å². The van der Waals surface area contributed by atoms with Gasteiger partial charge in [-0.15, -0.1) is 0 Å². The molecule has 15 heavy (non-hydrogen) atoms. The van der Waals surface area contributed by atoms with Crippen LogP contribution in [0.1, 0.15) is 12.5 Å². The molecule has 1 rings (SSSR count). The maximum Gasteiger partial charge on any atom is 0.127 e. The predicted molar refractivity (Wildman–Crippen MR) is 61.7 cm³/mol. The molecule has 0 aliphatic rings. The highest BCUT2D eigenvalue weighted by Crippen LogP contribution is 2.14. The SMILES string of the molecule is CCNCCNCc1cc(Cl)ccc1F. The van der Waals surface area contributed by atoms with Gasteiger partial charge in [0.2, 0.25) is 0 Å². The van der Waals surface area contributed by atoms with Gasteiger partial charge in [0.25, 0.3) is 0 Å². The summed E-state index contributed by atoms with van der Waals surface area (Å²) in [5, 5.41) is 6.89. The minimum atomic E-state index is -0.213. The average Bonchev–Trinajstić information content (AvgIpc) is 2.23. The van der Waals surface area contributed by atoms with Crippen LogP contribution in [0.2, 0.25) is 5.02 Å². The minimum absolute atomic E-state index is 0.213. The van der Waals surface area contributed by atoms with Gasteiger partial charge in [0.05, 0.1) is 0 Å². The van der Waals surface area contributed by atoms with Crippen molar-refractivity contribution in [1.82, 2.24) is 10.6 Å². The minimum Gasteiger partial charge on any atom is -0.316 e. The Morgan fingerprint density at radius 1 is 1.27 bits per heavy atom. The van der Waals surface area contributed by atoms with Crippen LogP contribution in [-0.2, 0) is 6.54 Å². The zero-order valence-electron chi connectivity index (χ0n) is 8.82. The van der Waals surface area contributed by atoms with E-state index in [2.05, 4.69) is 17.6 Å². The van der Waals surface area contributed by atoms with Crippen molar-refractivity contribution >= 4 is 11.6 Å². The molecule has 0 fully saturated rings. The number of hydrogen-bond acceptors (Lipinski definition) is 2. The molecule has 0 aromatic heterocycles. The lowest BCUT2D eigenvalue weighted by atomic mass is 10.2. The molecule has 2 nitrogen and oxygen atoms in total. The van der Waals surface area contributed by atoms with Crippen LogP contribution in [0.15, 0.2) is 18.2 Å². The van der Waals surface area contributed by atoms with Crippen LogP contribution in [0.25, 0.3) is 0 Å². The van der Waals surface area contributed by atoms with Gasteiger partial charge in [-0.3, -0.25) is 0 Å². The first-order chi connectivity index (χ1) is 7.24. The fourth-order valence-electron chi connectivity index (χ4n) is 1.26. The molecular weight excluding hydrogens is 215 g/mol. The van der Waals surface area contributed by atoms with Crippen molar-refractivity contribution in [2.45, 2.75) is 13.5 Å². The summed E-state index contributed by atoms with van der Waals surface area (Å²) >= 11 is 5.77. The van der Waals surface area contributed by atoms with Gasteiger partial charge in [-0.25, -0.2) is 4.39 Å². The quantitative estimate of drug-likeness (QED) is 0.732. The number of nitrogens with one attached hydrogen (secondary N) is 2. The van der Waals surface area contributed by atoms with Crippen molar-refractivity contribution in [2.75, 3.05) is 19.6 Å². The Morgan fingerprint density at radius 3 is 2.73 bits per heavy atom. The third kappa shape index (κ3) is 4.60. The molecular formula is C11H16ClFN2. The largest absolute Gasteiger partial charge is 0.316 e. The van der Waals surface area contributed by atoms with Crippen LogP contribution in [0.5, 0.6) is 0 Å². The summed E-state index contributed by atoms with van der Waals surface area (Å²) in [4.78, 5) is 0. The molecule has 0 saturated heterocycles. The van der Waals surface area contributed by atoms with E-state index in [9.17, 15) is 4.39 Å². The van der Waals surface area contributed by atoms with Crippen molar-refractivity contribution in [3.63, 3.8) is 0 Å². The number of likely N-dealkylation sites (N-methyl/N-ethyl adjacent to an activating group) is 1. The smallest absolute Gasteiger partial charge is 0.127 e. The monoisotopic (exact) mass is 230 g/mol. The second-order valence-corrected chi connectivity index (χ2v) is 3.70. The van der Waals surface area contributed by atoms with Gasteiger partial charge in [0.15, 0.2) is 0 Å². The first-order valence-electron chi connectivity index (χ1n) is 5.09. The molecule has 1 aromatic rings. The molecule has 0 unspecified atom stereocenters. The summed E-state index contributed by atoms with van der Waals surface area (Å²) in [5.41, 5.74) is 0.610. The Bertz CT molecular complexity index is 305. The van der Waals surface area contributed by atoms with Crippen molar-refractivity contribution in [2.24, 2.45) is 0 Å². The van der Waals surface area contributed by atoms with E-state index in [0.717, 1.165) is 19.6 Å². The highest BCUT2D eigenvalue weighted by molar-refractivity contribution is 6.30. The third-order valence-corrected chi connectivity index (χ3v) is 2.29. The molecule has 0 aliphatic carbocycles. The number of halogens is 2. The van der Waals surface area contributed by atoms with E-state index >= 15 is 0 Å². The van der Waals surface area contributed by atoms with Crippen LogP contribution < -0.4 is 10.6 Å². The van der Waals surface area contributed by atoms with Crippen molar-refractivity contribution in [3.05, 3.63) is 34.6 Å². The Morgan fingerprint density at radius 2 is 2.00 bits per heavy atom.